The third-order valence-electron chi connectivity index (χ3n) is 4.70. The number of H-pyrrole nitrogens is 1. The van der Waals surface area contributed by atoms with Crippen LogP contribution in [0, 0.1) is 0 Å². The zero-order chi connectivity index (χ0) is 21.0. The summed E-state index contributed by atoms with van der Waals surface area (Å²) in [7, 11) is 0. The maximum Gasteiger partial charge on any atom is 0.405 e. The molecule has 3 heterocycles. The fourth-order valence-electron chi connectivity index (χ4n) is 3.21. The standard InChI is InChI=1S/C18H20F3N5O2S/c1-29-16-12(3-2-6-22-16)17(28)26-7-4-11(5-8-26)13-9-14(25-24-13)15(27)23-10-18(19,20)21/h2-3,6,9,11H,4-5,7-8,10H2,1H3,(H,23,27)(H,24,25). The normalized spacial score (nSPS) is 15.4. The maximum absolute atomic E-state index is 12.8. The van der Waals surface area contributed by atoms with Crippen LogP contribution >= 0.6 is 11.8 Å². The minimum Gasteiger partial charge on any atom is -0.342 e. The number of nitrogens with one attached hydrogen (secondary N) is 2. The van der Waals surface area contributed by atoms with Crippen LogP contribution in [-0.2, 0) is 0 Å². The van der Waals surface area contributed by atoms with Crippen LogP contribution in [0.5, 0.6) is 0 Å². The van der Waals surface area contributed by atoms with Gasteiger partial charge in [0, 0.05) is 30.9 Å². The van der Waals surface area contributed by atoms with Gasteiger partial charge in [-0.25, -0.2) is 4.98 Å². The molecule has 0 spiro atoms. The highest BCUT2D eigenvalue weighted by Crippen LogP contribution is 2.29. The number of nitrogens with zero attached hydrogens (tertiary/aromatic N) is 3. The molecule has 0 atom stereocenters. The average Bonchev–Trinajstić information content (AvgIpc) is 3.21. The first-order valence-electron chi connectivity index (χ1n) is 8.97. The first-order valence-corrected chi connectivity index (χ1v) is 10.2. The highest BCUT2D eigenvalue weighted by Gasteiger charge is 2.30. The highest BCUT2D eigenvalue weighted by atomic mass is 32.2. The Morgan fingerprint density at radius 2 is 2.07 bits per heavy atom. The molecular formula is C18H20F3N5O2S. The van der Waals surface area contributed by atoms with Crippen molar-refractivity contribution in [1.29, 1.82) is 0 Å². The van der Waals surface area contributed by atoms with E-state index >= 15 is 0 Å². The Balaban J connectivity index is 1.58. The molecular weight excluding hydrogens is 407 g/mol. The van der Waals surface area contributed by atoms with E-state index in [-0.39, 0.29) is 17.5 Å². The zero-order valence-corrected chi connectivity index (χ0v) is 16.4. The molecule has 0 bridgehead atoms. The van der Waals surface area contributed by atoms with Crippen molar-refractivity contribution < 1.29 is 22.8 Å². The highest BCUT2D eigenvalue weighted by molar-refractivity contribution is 7.98. The van der Waals surface area contributed by atoms with Gasteiger partial charge in [-0.15, -0.1) is 11.8 Å². The number of amides is 2. The largest absolute Gasteiger partial charge is 0.405 e. The van der Waals surface area contributed by atoms with Crippen molar-refractivity contribution in [3.8, 4) is 0 Å². The minimum atomic E-state index is -4.47. The van der Waals surface area contributed by atoms with Crippen molar-refractivity contribution >= 4 is 23.6 Å². The Bertz CT molecular complexity index is 878. The molecule has 3 rings (SSSR count). The van der Waals surface area contributed by atoms with Crippen molar-refractivity contribution in [2.45, 2.75) is 30.0 Å². The third kappa shape index (κ3) is 5.28. The van der Waals surface area contributed by atoms with Crippen LogP contribution < -0.4 is 5.32 Å². The lowest BCUT2D eigenvalue weighted by molar-refractivity contribution is -0.123. The van der Waals surface area contributed by atoms with Crippen LogP contribution in [0.25, 0.3) is 0 Å². The number of hydrogen-bond acceptors (Lipinski definition) is 5. The van der Waals surface area contributed by atoms with E-state index in [2.05, 4.69) is 15.2 Å². The van der Waals surface area contributed by atoms with E-state index in [4.69, 9.17) is 0 Å². The molecule has 0 unspecified atom stereocenters. The summed E-state index contributed by atoms with van der Waals surface area (Å²) in [5.74, 6) is -0.902. The Kier molecular flexibility index (Phi) is 6.46. The van der Waals surface area contributed by atoms with Crippen LogP contribution in [0.15, 0.2) is 29.4 Å². The van der Waals surface area contributed by atoms with Crippen LogP contribution in [0.3, 0.4) is 0 Å². The van der Waals surface area contributed by atoms with Gasteiger partial charge in [0.05, 0.1) is 5.56 Å². The number of alkyl halides is 3. The Labute approximate surface area is 169 Å². The second-order valence-electron chi connectivity index (χ2n) is 6.63. The van der Waals surface area contributed by atoms with Crippen molar-refractivity contribution in [2.75, 3.05) is 25.9 Å². The number of aromatic amines is 1. The second kappa shape index (κ2) is 8.85. The van der Waals surface area contributed by atoms with Crippen LogP contribution in [0.2, 0.25) is 0 Å². The molecule has 1 aliphatic heterocycles. The number of piperidine rings is 1. The van der Waals surface area contributed by atoms with E-state index in [1.165, 1.54) is 17.8 Å². The molecule has 0 saturated carbocycles. The number of halogens is 3. The summed E-state index contributed by atoms with van der Waals surface area (Å²) in [6, 6.07) is 4.96. The van der Waals surface area contributed by atoms with E-state index in [0.29, 0.717) is 42.2 Å². The van der Waals surface area contributed by atoms with Gasteiger partial charge in [-0.1, -0.05) is 0 Å². The van der Waals surface area contributed by atoms with Gasteiger partial charge in [-0.3, -0.25) is 14.7 Å². The summed E-state index contributed by atoms with van der Waals surface area (Å²) < 4.78 is 36.7. The maximum atomic E-state index is 12.8. The number of aromatic nitrogens is 3. The van der Waals surface area contributed by atoms with E-state index in [9.17, 15) is 22.8 Å². The van der Waals surface area contributed by atoms with Gasteiger partial charge < -0.3 is 10.2 Å². The molecule has 2 aromatic rings. The average molecular weight is 427 g/mol. The van der Waals surface area contributed by atoms with E-state index in [1.54, 1.807) is 28.5 Å². The molecule has 29 heavy (non-hydrogen) atoms. The molecule has 2 aromatic heterocycles. The monoisotopic (exact) mass is 427 g/mol. The number of rotatable bonds is 5. The summed E-state index contributed by atoms with van der Waals surface area (Å²) in [5, 5.41) is 9.04. The van der Waals surface area contributed by atoms with Crippen LogP contribution in [0.1, 0.15) is 45.3 Å². The van der Waals surface area contributed by atoms with Crippen molar-refractivity contribution in [3.05, 3.63) is 41.3 Å². The molecule has 1 saturated heterocycles. The molecule has 2 amide bonds. The summed E-state index contributed by atoms with van der Waals surface area (Å²) >= 11 is 1.42. The van der Waals surface area contributed by atoms with E-state index in [0.717, 1.165) is 0 Å². The van der Waals surface area contributed by atoms with Crippen molar-refractivity contribution in [3.63, 3.8) is 0 Å². The topological polar surface area (TPSA) is 91.0 Å². The van der Waals surface area contributed by atoms with Gasteiger partial charge in [-0.05, 0) is 37.3 Å². The van der Waals surface area contributed by atoms with Crippen LogP contribution in [0.4, 0.5) is 13.2 Å². The van der Waals surface area contributed by atoms with Gasteiger partial charge in [-0.2, -0.15) is 18.3 Å². The fourth-order valence-corrected chi connectivity index (χ4v) is 3.75. The molecule has 11 heteroatoms. The first-order chi connectivity index (χ1) is 13.8. The molecule has 0 aromatic carbocycles. The van der Waals surface area contributed by atoms with Gasteiger partial charge in [0.25, 0.3) is 11.8 Å². The Morgan fingerprint density at radius 3 is 2.72 bits per heavy atom. The molecule has 2 N–H and O–H groups in total. The minimum absolute atomic E-state index is 0.0460. The number of carbonyl (C=O) groups is 2. The molecule has 1 aliphatic rings. The second-order valence-corrected chi connectivity index (χ2v) is 7.43. The Morgan fingerprint density at radius 1 is 1.34 bits per heavy atom. The number of likely N-dealkylation sites (tertiary alicyclic amines) is 1. The summed E-state index contributed by atoms with van der Waals surface area (Å²) in [4.78, 5) is 30.6. The lowest BCUT2D eigenvalue weighted by Crippen LogP contribution is -2.38. The SMILES string of the molecule is CSc1ncccc1C(=O)N1CCC(c2cc(C(=O)NCC(F)(F)F)n[nH]2)CC1. The number of pyridine rings is 1. The Hall–Kier alpha value is -2.56. The lowest BCUT2D eigenvalue weighted by Gasteiger charge is -2.31. The molecule has 156 valence electrons. The van der Waals surface area contributed by atoms with Gasteiger partial charge in [0.1, 0.15) is 17.3 Å². The molecule has 0 radical (unpaired) electrons. The first kappa shape index (κ1) is 21.2. The van der Waals surface area contributed by atoms with Gasteiger partial charge >= 0.3 is 6.18 Å². The number of hydrogen-bond donors (Lipinski definition) is 2. The quantitative estimate of drug-likeness (QED) is 0.716. The summed E-state index contributed by atoms with van der Waals surface area (Å²) in [6.07, 6.45) is 0.360. The molecule has 1 fully saturated rings. The predicted molar refractivity (Wildman–Crippen MR) is 101 cm³/mol. The number of carbonyl (C=O) groups excluding carboxylic acids is 2. The van der Waals surface area contributed by atoms with Gasteiger partial charge in [0.2, 0.25) is 0 Å². The summed E-state index contributed by atoms with van der Waals surface area (Å²) in [6.45, 7) is -0.345. The summed E-state index contributed by atoms with van der Waals surface area (Å²) in [5.41, 5.74) is 1.17. The van der Waals surface area contributed by atoms with E-state index in [1.807, 2.05) is 6.26 Å². The van der Waals surface area contributed by atoms with Crippen LogP contribution in [-0.4, -0.2) is 64.0 Å². The van der Waals surface area contributed by atoms with Crippen molar-refractivity contribution in [1.82, 2.24) is 25.4 Å². The number of thioether (sulfide) groups is 1. The molecule has 7 nitrogen and oxygen atoms in total. The zero-order valence-electron chi connectivity index (χ0n) is 15.6. The smallest absolute Gasteiger partial charge is 0.342 e. The lowest BCUT2D eigenvalue weighted by atomic mass is 9.93. The third-order valence-corrected chi connectivity index (χ3v) is 5.41. The molecule has 0 aliphatic carbocycles. The fraction of sp³-hybridized carbons (Fsp3) is 0.444. The van der Waals surface area contributed by atoms with Gasteiger partial charge in [0.15, 0.2) is 0 Å². The van der Waals surface area contributed by atoms with E-state index < -0.39 is 18.6 Å². The predicted octanol–water partition coefficient (Wildman–Crippen LogP) is 2.84. The van der Waals surface area contributed by atoms with Crippen molar-refractivity contribution in [2.24, 2.45) is 0 Å².